The second kappa shape index (κ2) is 11.4. The number of halogens is 1. The fourth-order valence-electron chi connectivity index (χ4n) is 6.59. The summed E-state index contributed by atoms with van der Waals surface area (Å²) in [6, 6.07) is 0.553. The Kier molecular flexibility index (Phi) is 8.48. The van der Waals surface area contributed by atoms with Crippen LogP contribution in [0.5, 0.6) is 0 Å². The molecule has 0 aromatic heterocycles. The number of methoxy groups -OCH3 is 1. The first-order valence-corrected chi connectivity index (χ1v) is 14.6. The molecule has 9 nitrogen and oxygen atoms in total. The second-order valence-corrected chi connectivity index (χ2v) is 12.7. The second-order valence-electron chi connectivity index (χ2n) is 10.8. The van der Waals surface area contributed by atoms with Crippen molar-refractivity contribution in [2.75, 3.05) is 39.9 Å². The largest absolute Gasteiger partial charge is 0.380 e. The highest BCUT2D eigenvalue weighted by atomic mass is 35.5. The molecule has 0 saturated carbocycles. The van der Waals surface area contributed by atoms with Crippen LogP contribution in [0.15, 0.2) is 0 Å². The molecule has 11 heteroatoms. The molecule has 10 unspecified atom stereocenters. The number of carbonyl (C=O) groups excluding carboxylic acids is 2. The van der Waals surface area contributed by atoms with Crippen molar-refractivity contribution in [2.45, 2.75) is 79.6 Å². The SMILES string of the molecule is COC1CNC(Cl)CC1C1CC(C)NCC1C(=O)NC1NC2CN(C(=O)C3CCCCO3)CC2S1. The molecule has 5 heterocycles. The van der Waals surface area contributed by atoms with E-state index in [0.29, 0.717) is 38.8 Å². The molecule has 2 amide bonds. The average molecular weight is 530 g/mol. The fourth-order valence-corrected chi connectivity index (χ4v) is 8.29. The summed E-state index contributed by atoms with van der Waals surface area (Å²) in [4.78, 5) is 28.3. The molecule has 0 bridgehead atoms. The average Bonchev–Trinajstić information content (AvgIpc) is 3.42. The van der Waals surface area contributed by atoms with Gasteiger partial charge in [-0.1, -0.05) is 0 Å². The third-order valence-electron chi connectivity index (χ3n) is 8.50. The molecule has 5 fully saturated rings. The van der Waals surface area contributed by atoms with Crippen molar-refractivity contribution in [3.05, 3.63) is 0 Å². The Morgan fingerprint density at radius 3 is 2.74 bits per heavy atom. The molecule has 0 aromatic carbocycles. The predicted octanol–water partition coefficient (Wildman–Crippen LogP) is 0.675. The van der Waals surface area contributed by atoms with Gasteiger partial charge in [0.1, 0.15) is 11.6 Å². The Morgan fingerprint density at radius 1 is 1.14 bits per heavy atom. The Bertz CT molecular complexity index is 760. The standard InChI is InChI=1S/C24H40ClN5O4S/c1-13-7-14(15-8-21(25)27-10-19(15)33-2)16(9-26-13)22(31)29-24-28-17-11-30(12-20(17)35-24)23(32)18-5-3-4-6-34-18/h13-21,24,26-28H,3-12H2,1-2H3,(H,29,31). The fraction of sp³-hybridized carbons (Fsp3) is 0.917. The zero-order valence-electron chi connectivity index (χ0n) is 20.7. The van der Waals surface area contributed by atoms with E-state index in [1.165, 1.54) is 0 Å². The molecule has 5 aliphatic rings. The number of fused-ring (bicyclic) bond motifs is 1. The number of ether oxygens (including phenoxy) is 2. The molecule has 0 radical (unpaired) electrons. The number of thioether (sulfide) groups is 1. The van der Waals surface area contributed by atoms with Gasteiger partial charge in [-0.15, -0.1) is 23.4 Å². The Hall–Kier alpha value is -0.620. The number of hydrogen-bond acceptors (Lipinski definition) is 8. The molecule has 198 valence electrons. The highest BCUT2D eigenvalue weighted by Crippen LogP contribution is 2.38. The summed E-state index contributed by atoms with van der Waals surface area (Å²) in [6.45, 7) is 5.63. The first-order chi connectivity index (χ1) is 16.9. The smallest absolute Gasteiger partial charge is 0.251 e. The lowest BCUT2D eigenvalue weighted by Gasteiger charge is -2.45. The minimum absolute atomic E-state index is 0.0607. The number of piperidine rings is 2. The van der Waals surface area contributed by atoms with Crippen LogP contribution in [0.4, 0.5) is 0 Å². The summed E-state index contributed by atoms with van der Waals surface area (Å²) >= 11 is 8.19. The number of rotatable bonds is 5. The number of carbonyl (C=O) groups is 2. The van der Waals surface area contributed by atoms with Crippen molar-refractivity contribution < 1.29 is 19.1 Å². The van der Waals surface area contributed by atoms with Gasteiger partial charge < -0.3 is 25.0 Å². The molecule has 5 rings (SSSR count). The van der Waals surface area contributed by atoms with Crippen LogP contribution in [0.3, 0.4) is 0 Å². The van der Waals surface area contributed by atoms with Crippen molar-refractivity contribution in [3.8, 4) is 0 Å². The molecule has 4 N–H and O–H groups in total. The van der Waals surface area contributed by atoms with Gasteiger partial charge in [0.25, 0.3) is 5.91 Å². The van der Waals surface area contributed by atoms with E-state index in [2.05, 4.69) is 28.2 Å². The van der Waals surface area contributed by atoms with Crippen LogP contribution in [-0.2, 0) is 19.1 Å². The van der Waals surface area contributed by atoms with Crippen molar-refractivity contribution >= 4 is 35.2 Å². The molecule has 0 spiro atoms. The lowest BCUT2D eigenvalue weighted by Crippen LogP contribution is -2.57. The van der Waals surface area contributed by atoms with E-state index >= 15 is 0 Å². The number of nitrogens with one attached hydrogen (secondary N) is 4. The Balaban J connectivity index is 1.16. The van der Waals surface area contributed by atoms with E-state index in [0.717, 1.165) is 32.1 Å². The van der Waals surface area contributed by atoms with Gasteiger partial charge in [0.2, 0.25) is 5.91 Å². The van der Waals surface area contributed by atoms with E-state index < -0.39 is 0 Å². The van der Waals surface area contributed by atoms with E-state index in [1.807, 2.05) is 4.90 Å². The zero-order valence-corrected chi connectivity index (χ0v) is 22.3. The normalized spacial score (nSPS) is 44.1. The Morgan fingerprint density at radius 2 is 2.00 bits per heavy atom. The van der Waals surface area contributed by atoms with Crippen molar-refractivity contribution in [2.24, 2.45) is 17.8 Å². The third kappa shape index (κ3) is 5.78. The lowest BCUT2D eigenvalue weighted by atomic mass is 9.70. The molecule has 5 saturated heterocycles. The zero-order chi connectivity index (χ0) is 24.5. The van der Waals surface area contributed by atoms with E-state index in [-0.39, 0.29) is 64.1 Å². The van der Waals surface area contributed by atoms with Crippen molar-refractivity contribution in [1.29, 1.82) is 0 Å². The van der Waals surface area contributed by atoms with Gasteiger partial charge in [0.15, 0.2) is 0 Å². The van der Waals surface area contributed by atoms with Gasteiger partial charge in [-0.2, -0.15) is 0 Å². The highest BCUT2D eigenvalue weighted by molar-refractivity contribution is 8.00. The van der Waals surface area contributed by atoms with Crippen LogP contribution in [0.25, 0.3) is 0 Å². The third-order valence-corrected chi connectivity index (χ3v) is 10.2. The number of amides is 2. The monoisotopic (exact) mass is 529 g/mol. The quantitative estimate of drug-likeness (QED) is 0.304. The summed E-state index contributed by atoms with van der Waals surface area (Å²) in [7, 11) is 1.75. The summed E-state index contributed by atoms with van der Waals surface area (Å²) in [5.41, 5.74) is -0.218. The maximum Gasteiger partial charge on any atom is 0.251 e. The summed E-state index contributed by atoms with van der Waals surface area (Å²) < 4.78 is 11.5. The van der Waals surface area contributed by atoms with Crippen LogP contribution in [-0.4, -0.2) is 97.2 Å². The van der Waals surface area contributed by atoms with Gasteiger partial charge in [-0.25, -0.2) is 0 Å². The summed E-state index contributed by atoms with van der Waals surface area (Å²) in [5, 5.41) is 13.9. The topological polar surface area (TPSA) is 104 Å². The van der Waals surface area contributed by atoms with E-state index in [1.54, 1.807) is 18.9 Å². The van der Waals surface area contributed by atoms with Crippen LogP contribution in [0, 0.1) is 17.8 Å². The first-order valence-electron chi connectivity index (χ1n) is 13.2. The van der Waals surface area contributed by atoms with Crippen LogP contribution in [0.2, 0.25) is 0 Å². The van der Waals surface area contributed by atoms with Crippen LogP contribution < -0.4 is 21.3 Å². The molecule has 0 aliphatic carbocycles. The van der Waals surface area contributed by atoms with Gasteiger partial charge in [0, 0.05) is 57.2 Å². The van der Waals surface area contributed by atoms with Gasteiger partial charge in [0.05, 0.1) is 17.5 Å². The minimum Gasteiger partial charge on any atom is -0.380 e. The molecule has 0 aromatic rings. The van der Waals surface area contributed by atoms with Crippen LogP contribution >= 0.6 is 23.4 Å². The first kappa shape index (κ1) is 26.0. The molecular formula is C24H40ClN5O4S. The molecule has 35 heavy (non-hydrogen) atoms. The van der Waals surface area contributed by atoms with Gasteiger partial charge in [-0.3, -0.25) is 20.2 Å². The Labute approximate surface area is 217 Å². The molecule has 10 atom stereocenters. The molecule has 5 aliphatic heterocycles. The van der Waals surface area contributed by atoms with Gasteiger partial charge in [-0.05, 0) is 50.9 Å². The van der Waals surface area contributed by atoms with Gasteiger partial charge >= 0.3 is 0 Å². The highest BCUT2D eigenvalue weighted by Gasteiger charge is 2.47. The van der Waals surface area contributed by atoms with Crippen molar-refractivity contribution in [3.63, 3.8) is 0 Å². The summed E-state index contributed by atoms with van der Waals surface area (Å²) in [5.74, 6) is 0.547. The number of likely N-dealkylation sites (tertiary alicyclic amines) is 1. The minimum atomic E-state index is -0.278. The maximum absolute atomic E-state index is 13.5. The summed E-state index contributed by atoms with van der Waals surface area (Å²) in [6.07, 6.45) is 4.44. The molecular weight excluding hydrogens is 490 g/mol. The predicted molar refractivity (Wildman–Crippen MR) is 136 cm³/mol. The van der Waals surface area contributed by atoms with E-state index in [9.17, 15) is 9.59 Å². The number of nitrogens with zero attached hydrogens (tertiary/aromatic N) is 1. The number of alkyl halides is 1. The number of hydrogen-bond donors (Lipinski definition) is 4. The van der Waals surface area contributed by atoms with Crippen LogP contribution in [0.1, 0.15) is 39.0 Å². The van der Waals surface area contributed by atoms with E-state index in [4.69, 9.17) is 21.1 Å². The lowest BCUT2D eigenvalue weighted by molar-refractivity contribution is -0.145. The maximum atomic E-state index is 13.5. The van der Waals surface area contributed by atoms with Crippen molar-refractivity contribution in [1.82, 2.24) is 26.2 Å².